The summed E-state index contributed by atoms with van der Waals surface area (Å²) >= 11 is 0. The van der Waals surface area contributed by atoms with Gasteiger partial charge in [0.25, 0.3) is 0 Å². The fraction of sp³-hybridized carbons (Fsp3) is 0.812. The van der Waals surface area contributed by atoms with E-state index in [1.807, 2.05) is 6.08 Å². The van der Waals surface area contributed by atoms with Gasteiger partial charge in [-0.05, 0) is 77.0 Å². The van der Waals surface area contributed by atoms with E-state index in [-0.39, 0.29) is 18.9 Å². The SMILES string of the molecule is CC/C=C\C/C=C\C/C=C\CCCCCCCCCC(=O)NC(COC1OC(CO)C(OC2OC(CO)C(OC3OC(CO)C(O)C(O)C3O)C(O)C2O)C(O)C1O)C(O)/C=C/CC/C=C/CC/C=C/CCCCCCCCCCCCCCCCCC. The third-order valence-corrected chi connectivity index (χ3v) is 16.7. The molecule has 17 unspecified atom stereocenters. The first kappa shape index (κ1) is 79.5. The van der Waals surface area contributed by atoms with Gasteiger partial charge in [0.15, 0.2) is 18.9 Å². The third kappa shape index (κ3) is 32.7. The van der Waals surface area contributed by atoms with Crippen LogP contribution in [0.5, 0.6) is 0 Å². The lowest BCUT2D eigenvalue weighted by atomic mass is 9.96. The maximum atomic E-state index is 13.4. The van der Waals surface area contributed by atoms with Gasteiger partial charge in [-0.15, -0.1) is 0 Å². The summed E-state index contributed by atoms with van der Waals surface area (Å²) in [7, 11) is 0. The Morgan fingerprint density at radius 2 is 0.795 bits per heavy atom. The number of hydrogen-bond acceptors (Lipinski definition) is 18. The lowest BCUT2D eigenvalue weighted by Crippen LogP contribution is -2.66. The second kappa shape index (κ2) is 50.7. The van der Waals surface area contributed by atoms with Crippen molar-refractivity contribution >= 4 is 5.91 Å². The van der Waals surface area contributed by atoms with Crippen LogP contribution in [0.4, 0.5) is 0 Å². The first-order valence-corrected chi connectivity index (χ1v) is 34.2. The van der Waals surface area contributed by atoms with E-state index in [2.05, 4.69) is 79.9 Å². The maximum Gasteiger partial charge on any atom is 0.220 e. The normalized spacial score (nSPS) is 28.9. The van der Waals surface area contributed by atoms with Crippen molar-refractivity contribution in [1.82, 2.24) is 5.32 Å². The number of nitrogens with one attached hydrogen (secondary N) is 1. The molecule has 12 N–H and O–H groups in total. The summed E-state index contributed by atoms with van der Waals surface area (Å²) in [6, 6.07) is -1.01. The zero-order valence-corrected chi connectivity index (χ0v) is 53.7. The molecule has 88 heavy (non-hydrogen) atoms. The lowest BCUT2D eigenvalue weighted by Gasteiger charge is -2.48. The average Bonchev–Trinajstić information content (AvgIpc) is 3.72. The number of amides is 1. The summed E-state index contributed by atoms with van der Waals surface area (Å²) in [5, 5.41) is 120. The highest BCUT2D eigenvalue weighted by molar-refractivity contribution is 5.76. The van der Waals surface area contributed by atoms with Crippen molar-refractivity contribution in [3.8, 4) is 0 Å². The summed E-state index contributed by atoms with van der Waals surface area (Å²) in [5.41, 5.74) is 0. The molecule has 0 aromatic heterocycles. The first-order chi connectivity index (χ1) is 42.8. The van der Waals surface area contributed by atoms with Gasteiger partial charge in [0.2, 0.25) is 5.91 Å². The maximum absolute atomic E-state index is 13.4. The minimum Gasteiger partial charge on any atom is -0.394 e. The topological polar surface area (TPSA) is 307 Å². The standard InChI is InChI=1S/C69H121NO18/c1-3-5-7-9-11-13-15-17-19-21-22-23-24-25-26-27-28-29-31-32-34-36-38-40-42-44-46-53(74)52(70-57(75)47-45-43-41-39-37-35-33-30-20-18-16-14-12-10-8-6-4-2)51-83-67-63(81)60(78)65(55(49-72)85-67)88-69-64(82)61(79)66(56(50-73)86-69)87-68-62(80)59(77)58(76)54(48-71)84-68/h6,8,12,14,18,20,29,31,36,38,44,46,52-56,58-69,71-74,76-82H,3-5,7,9-11,13,15-17,19,21-28,30,32-35,37,39-43,45,47-51H2,1-2H3,(H,70,75)/b8-6-,14-12-,20-18-,31-29+,38-36+,46-44+. The Morgan fingerprint density at radius 3 is 1.27 bits per heavy atom. The minimum absolute atomic E-state index is 0.217. The molecule has 0 spiro atoms. The van der Waals surface area contributed by atoms with Gasteiger partial charge < -0.3 is 89.9 Å². The average molecular weight is 1250 g/mol. The van der Waals surface area contributed by atoms with Gasteiger partial charge in [-0.3, -0.25) is 4.79 Å². The smallest absolute Gasteiger partial charge is 0.220 e. The van der Waals surface area contributed by atoms with Gasteiger partial charge in [-0.2, -0.15) is 0 Å². The van der Waals surface area contributed by atoms with Crippen LogP contribution in [0.15, 0.2) is 72.9 Å². The number of hydrogen-bond donors (Lipinski definition) is 12. The molecule has 3 heterocycles. The van der Waals surface area contributed by atoms with Crippen LogP contribution in [0.3, 0.4) is 0 Å². The van der Waals surface area contributed by atoms with Crippen LogP contribution < -0.4 is 5.32 Å². The number of allylic oxidation sites excluding steroid dienone is 11. The number of aliphatic hydroxyl groups is 11. The highest BCUT2D eigenvalue weighted by atomic mass is 16.8. The third-order valence-electron chi connectivity index (χ3n) is 16.7. The van der Waals surface area contributed by atoms with E-state index in [9.17, 15) is 61.0 Å². The molecule has 0 saturated carbocycles. The molecule has 3 fully saturated rings. The monoisotopic (exact) mass is 1250 g/mol. The summed E-state index contributed by atoms with van der Waals surface area (Å²) in [4.78, 5) is 13.4. The summed E-state index contributed by atoms with van der Waals surface area (Å²) in [6.07, 6.45) is 36.0. The Balaban J connectivity index is 1.46. The van der Waals surface area contributed by atoms with Gasteiger partial charge in [0.1, 0.15) is 73.2 Å². The van der Waals surface area contributed by atoms with Crippen LogP contribution in [0.2, 0.25) is 0 Å². The van der Waals surface area contributed by atoms with Gasteiger partial charge in [0.05, 0.1) is 38.6 Å². The fourth-order valence-electron chi connectivity index (χ4n) is 11.2. The van der Waals surface area contributed by atoms with Crippen LogP contribution in [-0.2, 0) is 33.2 Å². The number of aliphatic hydroxyl groups excluding tert-OH is 11. The van der Waals surface area contributed by atoms with Crippen molar-refractivity contribution in [1.29, 1.82) is 0 Å². The summed E-state index contributed by atoms with van der Waals surface area (Å²) in [6.45, 7) is 1.59. The minimum atomic E-state index is -1.99. The number of carbonyl (C=O) groups is 1. The van der Waals surface area contributed by atoms with E-state index >= 15 is 0 Å². The van der Waals surface area contributed by atoms with E-state index in [0.717, 1.165) is 89.9 Å². The Morgan fingerprint density at radius 1 is 0.420 bits per heavy atom. The van der Waals surface area contributed by atoms with Crippen molar-refractivity contribution in [3.05, 3.63) is 72.9 Å². The largest absolute Gasteiger partial charge is 0.394 e. The van der Waals surface area contributed by atoms with Crippen molar-refractivity contribution in [3.63, 3.8) is 0 Å². The molecule has 3 saturated heterocycles. The molecule has 0 aromatic rings. The van der Waals surface area contributed by atoms with Crippen LogP contribution in [0, 0.1) is 0 Å². The quantitative estimate of drug-likeness (QED) is 0.0200. The number of carbonyl (C=O) groups excluding carboxylic acids is 1. The number of ether oxygens (including phenoxy) is 6. The van der Waals surface area contributed by atoms with Gasteiger partial charge in [0, 0.05) is 6.42 Å². The van der Waals surface area contributed by atoms with E-state index < -0.39 is 124 Å². The Bertz CT molecular complexity index is 1880. The van der Waals surface area contributed by atoms with Crippen molar-refractivity contribution in [2.45, 2.75) is 330 Å². The highest BCUT2D eigenvalue weighted by Gasteiger charge is 2.53. The highest BCUT2D eigenvalue weighted by Crippen LogP contribution is 2.33. The molecule has 17 atom stereocenters. The van der Waals surface area contributed by atoms with E-state index in [0.29, 0.717) is 12.8 Å². The molecule has 0 aliphatic carbocycles. The molecular formula is C69H121NO18. The molecule has 19 nitrogen and oxygen atoms in total. The first-order valence-electron chi connectivity index (χ1n) is 34.2. The zero-order valence-electron chi connectivity index (χ0n) is 53.7. The fourth-order valence-corrected chi connectivity index (χ4v) is 11.2. The molecule has 3 aliphatic rings. The van der Waals surface area contributed by atoms with Crippen LogP contribution in [0.1, 0.15) is 226 Å². The van der Waals surface area contributed by atoms with Crippen LogP contribution in [0.25, 0.3) is 0 Å². The second-order valence-electron chi connectivity index (χ2n) is 24.2. The zero-order chi connectivity index (χ0) is 64.0. The number of rotatable bonds is 51. The molecule has 0 aromatic carbocycles. The summed E-state index contributed by atoms with van der Waals surface area (Å²) in [5.74, 6) is -0.302. The van der Waals surface area contributed by atoms with Crippen molar-refractivity contribution in [2.24, 2.45) is 0 Å². The Hall–Kier alpha value is -2.77. The Kier molecular flexibility index (Phi) is 45.8. The van der Waals surface area contributed by atoms with Crippen molar-refractivity contribution in [2.75, 3.05) is 26.4 Å². The molecular weight excluding hydrogens is 1130 g/mol. The number of unbranched alkanes of at least 4 members (excludes halogenated alkanes) is 25. The summed E-state index contributed by atoms with van der Waals surface area (Å²) < 4.78 is 34.3. The molecule has 0 radical (unpaired) electrons. The van der Waals surface area contributed by atoms with E-state index in [1.54, 1.807) is 6.08 Å². The molecule has 0 bridgehead atoms. The predicted octanol–water partition coefficient (Wildman–Crippen LogP) is 8.55. The van der Waals surface area contributed by atoms with Gasteiger partial charge >= 0.3 is 0 Å². The van der Waals surface area contributed by atoms with Crippen LogP contribution >= 0.6 is 0 Å². The lowest BCUT2D eigenvalue weighted by molar-refractivity contribution is -0.379. The van der Waals surface area contributed by atoms with Gasteiger partial charge in [-0.1, -0.05) is 215 Å². The molecule has 19 heteroatoms. The molecule has 3 aliphatic heterocycles. The Labute approximate surface area is 528 Å². The molecule has 510 valence electrons. The van der Waals surface area contributed by atoms with Gasteiger partial charge in [-0.25, -0.2) is 0 Å². The van der Waals surface area contributed by atoms with E-state index in [4.69, 9.17) is 28.4 Å². The second-order valence-corrected chi connectivity index (χ2v) is 24.2. The van der Waals surface area contributed by atoms with E-state index in [1.165, 1.54) is 103 Å². The molecule has 1 amide bonds. The molecule has 3 rings (SSSR count). The predicted molar refractivity (Wildman–Crippen MR) is 341 cm³/mol. The van der Waals surface area contributed by atoms with Crippen molar-refractivity contribution < 1.29 is 89.4 Å². The van der Waals surface area contributed by atoms with Crippen LogP contribution in [-0.4, -0.2) is 193 Å².